The molecule has 1 amide bonds. The van der Waals surface area contributed by atoms with E-state index >= 15 is 0 Å². The molecule has 2 fully saturated rings. The highest BCUT2D eigenvalue weighted by Crippen LogP contribution is 2.28. The van der Waals surface area contributed by atoms with Gasteiger partial charge in [-0.1, -0.05) is 62.4 Å². The van der Waals surface area contributed by atoms with Crippen LogP contribution in [0.1, 0.15) is 56.9 Å². The molecule has 0 radical (unpaired) electrons. The number of amides is 1. The van der Waals surface area contributed by atoms with Crippen LogP contribution in [0.2, 0.25) is 0 Å². The quantitative estimate of drug-likeness (QED) is 0.617. The van der Waals surface area contributed by atoms with E-state index in [1.807, 2.05) is 30.3 Å². The van der Waals surface area contributed by atoms with E-state index in [0.717, 1.165) is 31.2 Å². The molecule has 1 saturated carbocycles. The van der Waals surface area contributed by atoms with Crippen LogP contribution in [-0.2, 0) is 20.9 Å². The van der Waals surface area contributed by atoms with Crippen LogP contribution in [0.5, 0.6) is 0 Å². The summed E-state index contributed by atoms with van der Waals surface area (Å²) in [6, 6.07) is 7.46. The summed E-state index contributed by atoms with van der Waals surface area (Å²) in [5, 5.41) is 14.8. The zero-order valence-corrected chi connectivity index (χ0v) is 16.6. The maximum absolute atomic E-state index is 13.1. The molecule has 7 nitrogen and oxygen atoms in total. The fourth-order valence-corrected chi connectivity index (χ4v) is 4.31. The molecule has 2 aliphatic rings. The third kappa shape index (κ3) is 6.29. The summed E-state index contributed by atoms with van der Waals surface area (Å²) < 4.78 is 5.30. The van der Waals surface area contributed by atoms with Crippen molar-refractivity contribution in [3.05, 3.63) is 35.9 Å². The largest absolute Gasteiger partial charge is 0.480 e. The Morgan fingerprint density at radius 2 is 1.72 bits per heavy atom. The van der Waals surface area contributed by atoms with E-state index in [2.05, 4.69) is 10.6 Å². The highest BCUT2D eigenvalue weighted by Gasteiger charge is 2.37. The van der Waals surface area contributed by atoms with Crippen molar-refractivity contribution in [3.8, 4) is 0 Å². The summed E-state index contributed by atoms with van der Waals surface area (Å²) >= 11 is 0. The standard InChI is InChI=1S/C22H30N2O5/c25-20(17-11-12-18(23-17)21(26)27)19(13-15-7-3-1-4-8-15)24-22(28)29-14-16-9-5-2-6-10-16/h2,5-6,9-10,15,17-19,23H,1,3-4,7-8,11-14H2,(H,24,28)(H,26,27)/t17?,18-,19?/m0/s1. The van der Waals surface area contributed by atoms with E-state index in [0.29, 0.717) is 25.2 Å². The molecular weight excluding hydrogens is 372 g/mol. The average Bonchev–Trinajstić information content (AvgIpc) is 3.23. The molecule has 29 heavy (non-hydrogen) atoms. The average molecular weight is 402 g/mol. The van der Waals surface area contributed by atoms with E-state index in [1.54, 1.807) is 0 Å². The summed E-state index contributed by atoms with van der Waals surface area (Å²) in [6.07, 6.45) is 6.47. The number of carboxylic acid groups (broad SMARTS) is 1. The summed E-state index contributed by atoms with van der Waals surface area (Å²) in [5.41, 5.74) is 0.875. The lowest BCUT2D eigenvalue weighted by Gasteiger charge is -2.28. The van der Waals surface area contributed by atoms with Gasteiger partial charge in [0.15, 0.2) is 5.78 Å². The molecule has 1 aliphatic carbocycles. The van der Waals surface area contributed by atoms with Gasteiger partial charge in [-0.3, -0.25) is 14.9 Å². The van der Waals surface area contributed by atoms with Crippen LogP contribution in [-0.4, -0.2) is 41.1 Å². The number of Topliss-reactive ketones (excluding diaryl/α,β-unsaturated/α-hetero) is 1. The summed E-state index contributed by atoms with van der Waals surface area (Å²) in [6.45, 7) is 0.139. The molecule has 0 aromatic heterocycles. The van der Waals surface area contributed by atoms with Gasteiger partial charge in [0.25, 0.3) is 0 Å². The van der Waals surface area contributed by atoms with Crippen LogP contribution < -0.4 is 10.6 Å². The van der Waals surface area contributed by atoms with Gasteiger partial charge < -0.3 is 15.2 Å². The zero-order valence-electron chi connectivity index (χ0n) is 16.6. The van der Waals surface area contributed by atoms with Crippen LogP contribution in [0.15, 0.2) is 30.3 Å². The van der Waals surface area contributed by atoms with Gasteiger partial charge in [0.2, 0.25) is 0 Å². The van der Waals surface area contributed by atoms with E-state index in [-0.39, 0.29) is 12.4 Å². The van der Waals surface area contributed by atoms with E-state index < -0.39 is 30.2 Å². The summed E-state index contributed by atoms with van der Waals surface area (Å²) in [4.78, 5) is 36.6. The maximum Gasteiger partial charge on any atom is 0.408 e. The Morgan fingerprint density at radius 1 is 1.03 bits per heavy atom. The molecule has 1 heterocycles. The van der Waals surface area contributed by atoms with Crippen molar-refractivity contribution >= 4 is 17.8 Å². The fourth-order valence-electron chi connectivity index (χ4n) is 4.31. The lowest BCUT2D eigenvalue weighted by Crippen LogP contribution is -2.50. The topological polar surface area (TPSA) is 105 Å². The SMILES string of the molecule is O=C(NC(CC1CCCCC1)C(=O)C1CC[C@@H](C(=O)O)N1)OCc1ccccc1. The Labute approximate surface area is 171 Å². The second-order valence-corrected chi connectivity index (χ2v) is 8.09. The Bertz CT molecular complexity index is 702. The van der Waals surface area contributed by atoms with Crippen molar-refractivity contribution in [1.82, 2.24) is 10.6 Å². The first-order chi connectivity index (χ1) is 14.0. The molecule has 3 rings (SSSR count). The fraction of sp³-hybridized carbons (Fsp3) is 0.591. The van der Waals surface area contributed by atoms with Gasteiger partial charge in [0, 0.05) is 0 Å². The number of carbonyl (C=O) groups is 3. The van der Waals surface area contributed by atoms with Gasteiger partial charge in [0.1, 0.15) is 12.6 Å². The smallest absolute Gasteiger partial charge is 0.408 e. The Balaban J connectivity index is 1.59. The molecule has 3 N–H and O–H groups in total. The first kappa shape index (κ1) is 21.3. The normalized spacial score (nSPS) is 23.3. The van der Waals surface area contributed by atoms with E-state index in [4.69, 9.17) is 4.74 Å². The van der Waals surface area contributed by atoms with Gasteiger partial charge >= 0.3 is 12.1 Å². The molecule has 1 aromatic carbocycles. The number of carbonyl (C=O) groups excluding carboxylic acids is 2. The minimum atomic E-state index is -0.945. The third-order valence-electron chi connectivity index (χ3n) is 5.93. The molecule has 7 heteroatoms. The van der Waals surface area contributed by atoms with Crippen LogP contribution in [0.25, 0.3) is 0 Å². The molecule has 1 aliphatic heterocycles. The second kappa shape index (κ2) is 10.4. The molecule has 2 unspecified atom stereocenters. The van der Waals surface area contributed by atoms with Crippen molar-refractivity contribution < 1.29 is 24.2 Å². The first-order valence-electron chi connectivity index (χ1n) is 10.5. The molecule has 0 bridgehead atoms. The summed E-state index contributed by atoms with van der Waals surface area (Å²) in [5.74, 6) is -0.695. The Hall–Kier alpha value is -2.41. The van der Waals surface area contributed by atoms with Crippen LogP contribution in [0.4, 0.5) is 4.79 Å². The highest BCUT2D eigenvalue weighted by molar-refractivity contribution is 5.92. The van der Waals surface area contributed by atoms with Crippen molar-refractivity contribution in [3.63, 3.8) is 0 Å². The monoisotopic (exact) mass is 402 g/mol. The van der Waals surface area contributed by atoms with Gasteiger partial charge in [-0.2, -0.15) is 0 Å². The van der Waals surface area contributed by atoms with Gasteiger partial charge in [0.05, 0.1) is 12.1 Å². The van der Waals surface area contributed by atoms with Crippen LogP contribution in [0.3, 0.4) is 0 Å². The minimum absolute atomic E-state index is 0.139. The van der Waals surface area contributed by atoms with Crippen molar-refractivity contribution in [1.29, 1.82) is 0 Å². The predicted octanol–water partition coefficient (Wildman–Crippen LogP) is 3.03. The predicted molar refractivity (Wildman–Crippen MR) is 107 cm³/mol. The Kier molecular flexibility index (Phi) is 7.63. The second-order valence-electron chi connectivity index (χ2n) is 8.09. The first-order valence-corrected chi connectivity index (χ1v) is 10.5. The highest BCUT2D eigenvalue weighted by atomic mass is 16.5. The van der Waals surface area contributed by atoms with Gasteiger partial charge in [-0.25, -0.2) is 4.79 Å². The number of benzene rings is 1. The number of alkyl carbamates (subject to hydrolysis) is 1. The number of ketones is 1. The Morgan fingerprint density at radius 3 is 2.38 bits per heavy atom. The number of nitrogens with one attached hydrogen (secondary N) is 2. The lowest BCUT2D eigenvalue weighted by atomic mass is 9.83. The molecular formula is C22H30N2O5. The molecule has 0 spiro atoms. The number of aliphatic carboxylic acids is 1. The molecule has 1 aromatic rings. The zero-order chi connectivity index (χ0) is 20.6. The number of carboxylic acids is 1. The number of rotatable bonds is 8. The van der Waals surface area contributed by atoms with Gasteiger partial charge in [-0.05, 0) is 30.7 Å². The summed E-state index contributed by atoms with van der Waals surface area (Å²) in [7, 11) is 0. The van der Waals surface area contributed by atoms with Crippen molar-refractivity contribution in [2.24, 2.45) is 5.92 Å². The molecule has 158 valence electrons. The third-order valence-corrected chi connectivity index (χ3v) is 5.93. The molecule has 1 saturated heterocycles. The lowest BCUT2D eigenvalue weighted by molar-refractivity contribution is -0.139. The van der Waals surface area contributed by atoms with Crippen molar-refractivity contribution in [2.75, 3.05) is 0 Å². The number of ether oxygens (including phenoxy) is 1. The van der Waals surface area contributed by atoms with Crippen LogP contribution in [0, 0.1) is 5.92 Å². The number of hydrogen-bond acceptors (Lipinski definition) is 5. The van der Waals surface area contributed by atoms with Gasteiger partial charge in [-0.15, -0.1) is 0 Å². The van der Waals surface area contributed by atoms with E-state index in [9.17, 15) is 19.5 Å². The molecule has 3 atom stereocenters. The number of hydrogen-bond donors (Lipinski definition) is 3. The minimum Gasteiger partial charge on any atom is -0.480 e. The maximum atomic E-state index is 13.1. The van der Waals surface area contributed by atoms with Crippen LogP contribution >= 0.6 is 0 Å². The van der Waals surface area contributed by atoms with Crippen molar-refractivity contribution in [2.45, 2.75) is 76.1 Å². The van der Waals surface area contributed by atoms with E-state index in [1.165, 1.54) is 6.42 Å².